The molecule has 108 valence electrons. The number of carbonyl (C=O) groups is 1. The molecule has 7 nitrogen and oxygen atoms in total. The molecule has 1 N–H and O–H groups in total. The molecule has 0 unspecified atom stereocenters. The van der Waals surface area contributed by atoms with Crippen LogP contribution in [0.5, 0.6) is 0 Å². The Labute approximate surface area is 116 Å². The van der Waals surface area contributed by atoms with Crippen LogP contribution in [0.15, 0.2) is 18.2 Å². The average molecular weight is 279 g/mol. The molecule has 7 heteroatoms. The van der Waals surface area contributed by atoms with Crippen molar-refractivity contribution in [2.45, 2.75) is 6.92 Å². The summed E-state index contributed by atoms with van der Waals surface area (Å²) in [5.41, 5.74) is 0.0799. The lowest BCUT2D eigenvalue weighted by Crippen LogP contribution is -2.46. The molecule has 0 saturated carbocycles. The summed E-state index contributed by atoms with van der Waals surface area (Å²) in [4.78, 5) is 25.7. The Morgan fingerprint density at radius 3 is 2.50 bits per heavy atom. The van der Waals surface area contributed by atoms with Gasteiger partial charge in [0.15, 0.2) is 0 Å². The number of aromatic carboxylic acids is 1. The van der Waals surface area contributed by atoms with E-state index in [2.05, 4.69) is 11.8 Å². The first-order valence-corrected chi connectivity index (χ1v) is 6.52. The summed E-state index contributed by atoms with van der Waals surface area (Å²) in [6.07, 6.45) is 0. The number of piperazine rings is 1. The maximum atomic E-state index is 11.0. The third kappa shape index (κ3) is 2.88. The molecule has 0 aromatic heterocycles. The first-order valence-electron chi connectivity index (χ1n) is 6.52. The van der Waals surface area contributed by atoms with Gasteiger partial charge in [0.2, 0.25) is 0 Å². The SMILES string of the molecule is CCN1CCN(c2ccc(C(=O)O)c([N+](=O)[O-])c2)CC1. The van der Waals surface area contributed by atoms with E-state index in [1.165, 1.54) is 12.1 Å². The fourth-order valence-electron chi connectivity index (χ4n) is 2.37. The number of carboxylic acid groups (broad SMARTS) is 1. The van der Waals surface area contributed by atoms with Gasteiger partial charge in [0.25, 0.3) is 5.69 Å². The maximum absolute atomic E-state index is 11.0. The van der Waals surface area contributed by atoms with Crippen LogP contribution in [0.1, 0.15) is 17.3 Å². The second-order valence-corrected chi connectivity index (χ2v) is 4.69. The van der Waals surface area contributed by atoms with Crippen molar-refractivity contribution in [1.29, 1.82) is 0 Å². The summed E-state index contributed by atoms with van der Waals surface area (Å²) in [7, 11) is 0. The minimum Gasteiger partial charge on any atom is -0.477 e. The molecule has 0 aliphatic carbocycles. The van der Waals surface area contributed by atoms with Gasteiger partial charge in [-0.2, -0.15) is 0 Å². The normalized spacial score (nSPS) is 16.1. The molecule has 0 bridgehead atoms. The molecule has 1 aliphatic heterocycles. The largest absolute Gasteiger partial charge is 0.477 e. The van der Waals surface area contributed by atoms with E-state index in [-0.39, 0.29) is 11.3 Å². The first kappa shape index (κ1) is 14.3. The quantitative estimate of drug-likeness (QED) is 0.662. The van der Waals surface area contributed by atoms with E-state index in [0.29, 0.717) is 5.69 Å². The number of nitro groups is 1. The molecule has 1 fully saturated rings. The van der Waals surface area contributed by atoms with Crippen molar-refractivity contribution in [2.24, 2.45) is 0 Å². The van der Waals surface area contributed by atoms with Crippen LogP contribution in [0, 0.1) is 10.1 Å². The highest BCUT2D eigenvalue weighted by molar-refractivity contribution is 5.93. The summed E-state index contributed by atoms with van der Waals surface area (Å²) in [6.45, 7) is 6.49. The highest BCUT2D eigenvalue weighted by Gasteiger charge is 2.23. The Morgan fingerprint density at radius 1 is 1.35 bits per heavy atom. The number of hydrogen-bond donors (Lipinski definition) is 1. The molecule has 1 heterocycles. The highest BCUT2D eigenvalue weighted by atomic mass is 16.6. The molecular formula is C13H17N3O4. The predicted octanol–water partition coefficient (Wildman–Crippen LogP) is 1.43. The summed E-state index contributed by atoms with van der Waals surface area (Å²) in [5.74, 6) is -1.28. The van der Waals surface area contributed by atoms with Crippen LogP contribution in [-0.2, 0) is 0 Å². The zero-order chi connectivity index (χ0) is 14.7. The topological polar surface area (TPSA) is 86.9 Å². The third-order valence-electron chi connectivity index (χ3n) is 3.59. The molecule has 1 aromatic rings. The Bertz CT molecular complexity index is 524. The molecule has 1 aliphatic rings. The number of carboxylic acids is 1. The number of nitrogens with zero attached hydrogens (tertiary/aromatic N) is 3. The summed E-state index contributed by atoms with van der Waals surface area (Å²) in [5, 5.41) is 19.9. The Balaban J connectivity index is 2.24. The van der Waals surface area contributed by atoms with Crippen LogP contribution in [0.4, 0.5) is 11.4 Å². The molecular weight excluding hydrogens is 262 g/mol. The van der Waals surface area contributed by atoms with Gasteiger partial charge in [0.05, 0.1) is 4.92 Å². The summed E-state index contributed by atoms with van der Waals surface area (Å²) < 4.78 is 0. The van der Waals surface area contributed by atoms with E-state index < -0.39 is 10.9 Å². The van der Waals surface area contributed by atoms with Crippen LogP contribution in [0.25, 0.3) is 0 Å². The van der Waals surface area contributed by atoms with Gasteiger partial charge in [-0.3, -0.25) is 10.1 Å². The lowest BCUT2D eigenvalue weighted by atomic mass is 10.1. The van der Waals surface area contributed by atoms with Crippen molar-refractivity contribution < 1.29 is 14.8 Å². The standard InChI is InChI=1S/C13H17N3O4/c1-2-14-5-7-15(8-6-14)10-3-4-11(13(17)18)12(9-10)16(19)20/h3-4,9H,2,5-8H2,1H3,(H,17,18). The van der Waals surface area contributed by atoms with Crippen LogP contribution >= 0.6 is 0 Å². The number of hydrogen-bond acceptors (Lipinski definition) is 5. The molecule has 1 aromatic carbocycles. The molecule has 0 spiro atoms. The van der Waals surface area contributed by atoms with Gasteiger partial charge >= 0.3 is 5.97 Å². The van der Waals surface area contributed by atoms with Gasteiger partial charge in [0.1, 0.15) is 5.56 Å². The number of benzene rings is 1. The van der Waals surface area contributed by atoms with Gasteiger partial charge in [-0.25, -0.2) is 4.79 Å². The zero-order valence-corrected chi connectivity index (χ0v) is 11.3. The van der Waals surface area contributed by atoms with E-state index in [1.807, 2.05) is 4.90 Å². The lowest BCUT2D eigenvalue weighted by molar-refractivity contribution is -0.385. The monoisotopic (exact) mass is 279 g/mol. The van der Waals surface area contributed by atoms with Crippen molar-refractivity contribution in [1.82, 2.24) is 4.90 Å². The average Bonchev–Trinajstić information content (AvgIpc) is 2.46. The van der Waals surface area contributed by atoms with Crippen LogP contribution in [0.2, 0.25) is 0 Å². The van der Waals surface area contributed by atoms with Crippen LogP contribution in [-0.4, -0.2) is 53.6 Å². The van der Waals surface area contributed by atoms with E-state index in [0.717, 1.165) is 32.7 Å². The van der Waals surface area contributed by atoms with Gasteiger partial charge < -0.3 is 14.9 Å². The number of likely N-dealkylation sites (N-methyl/N-ethyl adjacent to an activating group) is 1. The van der Waals surface area contributed by atoms with Gasteiger partial charge in [0, 0.05) is 37.9 Å². The van der Waals surface area contributed by atoms with Gasteiger partial charge in [-0.15, -0.1) is 0 Å². The molecule has 20 heavy (non-hydrogen) atoms. The van der Waals surface area contributed by atoms with Crippen molar-refractivity contribution in [3.63, 3.8) is 0 Å². The van der Waals surface area contributed by atoms with Crippen LogP contribution < -0.4 is 4.90 Å². The Morgan fingerprint density at radius 2 is 2.00 bits per heavy atom. The van der Waals surface area contributed by atoms with Crippen molar-refractivity contribution in [3.05, 3.63) is 33.9 Å². The number of rotatable bonds is 4. The van der Waals surface area contributed by atoms with Gasteiger partial charge in [-0.05, 0) is 18.7 Å². The minimum atomic E-state index is -1.28. The molecule has 0 amide bonds. The highest BCUT2D eigenvalue weighted by Crippen LogP contribution is 2.26. The third-order valence-corrected chi connectivity index (χ3v) is 3.59. The van der Waals surface area contributed by atoms with E-state index >= 15 is 0 Å². The van der Waals surface area contributed by atoms with E-state index in [4.69, 9.17) is 5.11 Å². The van der Waals surface area contributed by atoms with Crippen molar-refractivity contribution in [2.75, 3.05) is 37.6 Å². The zero-order valence-electron chi connectivity index (χ0n) is 11.3. The number of anilines is 1. The number of nitro benzene ring substituents is 1. The second kappa shape index (κ2) is 5.87. The van der Waals surface area contributed by atoms with Crippen molar-refractivity contribution in [3.8, 4) is 0 Å². The molecule has 1 saturated heterocycles. The van der Waals surface area contributed by atoms with Crippen LogP contribution in [0.3, 0.4) is 0 Å². The fraction of sp³-hybridized carbons (Fsp3) is 0.462. The molecule has 0 radical (unpaired) electrons. The smallest absolute Gasteiger partial charge is 0.342 e. The second-order valence-electron chi connectivity index (χ2n) is 4.69. The van der Waals surface area contributed by atoms with Gasteiger partial charge in [-0.1, -0.05) is 6.92 Å². The van der Waals surface area contributed by atoms with Crippen molar-refractivity contribution >= 4 is 17.3 Å². The lowest BCUT2D eigenvalue weighted by Gasteiger charge is -2.35. The molecule has 0 atom stereocenters. The summed E-state index contributed by atoms with van der Waals surface area (Å²) >= 11 is 0. The Kier molecular flexibility index (Phi) is 4.19. The van der Waals surface area contributed by atoms with E-state index in [9.17, 15) is 14.9 Å². The fourth-order valence-corrected chi connectivity index (χ4v) is 2.37. The maximum Gasteiger partial charge on any atom is 0.342 e. The molecule has 2 rings (SSSR count). The summed E-state index contributed by atoms with van der Waals surface area (Å²) in [6, 6.07) is 4.30. The minimum absolute atomic E-state index is 0.272. The predicted molar refractivity (Wildman–Crippen MR) is 74.4 cm³/mol. The Hall–Kier alpha value is -2.15. The first-order chi connectivity index (χ1) is 9.52. The van der Waals surface area contributed by atoms with E-state index in [1.54, 1.807) is 6.07 Å².